The number of hydrogen-bond donors (Lipinski definition) is 2. The highest BCUT2D eigenvalue weighted by Crippen LogP contribution is 2.22. The first-order valence-electron chi connectivity index (χ1n) is 10.9. The van der Waals surface area contributed by atoms with Crippen LogP contribution in [0.15, 0.2) is 53.5 Å². The van der Waals surface area contributed by atoms with Crippen LogP contribution in [-0.4, -0.2) is 35.7 Å². The summed E-state index contributed by atoms with van der Waals surface area (Å²) in [6.07, 6.45) is 3.84. The van der Waals surface area contributed by atoms with Gasteiger partial charge in [-0.3, -0.25) is 14.2 Å². The number of aromatic nitrogens is 1. The van der Waals surface area contributed by atoms with Crippen LogP contribution in [0.3, 0.4) is 0 Å². The first-order valence-corrected chi connectivity index (χ1v) is 10.9. The fourth-order valence-corrected chi connectivity index (χ4v) is 3.52. The summed E-state index contributed by atoms with van der Waals surface area (Å²) in [6, 6.07) is 13.7. The summed E-state index contributed by atoms with van der Waals surface area (Å²) in [5.41, 5.74) is 2.07. The van der Waals surface area contributed by atoms with Crippen molar-refractivity contribution in [2.24, 2.45) is 0 Å². The zero-order valence-corrected chi connectivity index (χ0v) is 18.3. The Bertz CT molecular complexity index is 1160. The third kappa shape index (κ3) is 4.97. The fourth-order valence-electron chi connectivity index (χ4n) is 3.52. The van der Waals surface area contributed by atoms with Crippen molar-refractivity contribution in [3.63, 3.8) is 0 Å². The van der Waals surface area contributed by atoms with Crippen molar-refractivity contribution in [1.82, 2.24) is 15.2 Å². The molecule has 3 aromatic rings. The topological polar surface area (TPSA) is 72.4 Å². The maximum Gasteiger partial charge on any atom is 0.263 e. The third-order valence-electron chi connectivity index (χ3n) is 5.44. The van der Waals surface area contributed by atoms with Gasteiger partial charge in [0.2, 0.25) is 0 Å². The molecule has 1 saturated carbocycles. The second-order valence-electron chi connectivity index (χ2n) is 8.45. The molecule has 2 aromatic carbocycles. The van der Waals surface area contributed by atoms with Gasteiger partial charge in [0, 0.05) is 30.4 Å². The lowest BCUT2D eigenvalue weighted by Gasteiger charge is -2.13. The molecule has 1 aromatic heterocycles. The summed E-state index contributed by atoms with van der Waals surface area (Å²) in [5, 5.41) is 7.75. The highest BCUT2D eigenvalue weighted by Gasteiger charge is 2.24. The van der Waals surface area contributed by atoms with Crippen molar-refractivity contribution in [3.8, 4) is 11.4 Å². The van der Waals surface area contributed by atoms with Crippen LogP contribution in [0.25, 0.3) is 16.5 Å². The summed E-state index contributed by atoms with van der Waals surface area (Å²) >= 11 is 0. The van der Waals surface area contributed by atoms with E-state index in [0.29, 0.717) is 35.0 Å². The average Bonchev–Trinajstić information content (AvgIpc) is 3.56. The smallest absolute Gasteiger partial charge is 0.263 e. The number of rotatable bonds is 8. The number of ether oxygens (including phenoxy) is 1. The van der Waals surface area contributed by atoms with Crippen molar-refractivity contribution in [1.29, 1.82) is 0 Å². The number of aryl methyl sites for hydroxylation is 1. The molecule has 0 unspecified atom stereocenters. The molecule has 1 amide bonds. The minimum Gasteiger partial charge on any atom is -0.492 e. The van der Waals surface area contributed by atoms with Crippen molar-refractivity contribution in [2.45, 2.75) is 45.7 Å². The van der Waals surface area contributed by atoms with Crippen LogP contribution in [0.5, 0.6) is 5.75 Å². The molecule has 0 atom stereocenters. The van der Waals surface area contributed by atoms with Gasteiger partial charge in [-0.2, -0.15) is 0 Å². The number of nitrogens with zero attached hydrogens (tertiary/aromatic N) is 1. The molecule has 6 heteroatoms. The lowest BCUT2D eigenvalue weighted by Crippen LogP contribution is -2.27. The van der Waals surface area contributed by atoms with Gasteiger partial charge >= 0.3 is 0 Å². The van der Waals surface area contributed by atoms with E-state index in [9.17, 15) is 9.59 Å². The van der Waals surface area contributed by atoms with E-state index in [-0.39, 0.29) is 17.5 Å². The Balaban J connectivity index is 1.64. The van der Waals surface area contributed by atoms with E-state index in [0.717, 1.165) is 30.3 Å². The first kappa shape index (κ1) is 21.1. The maximum atomic E-state index is 13.3. The quantitative estimate of drug-likeness (QED) is 0.548. The van der Waals surface area contributed by atoms with Crippen molar-refractivity contribution in [3.05, 3.63) is 70.1 Å². The van der Waals surface area contributed by atoms with E-state index in [1.165, 1.54) is 0 Å². The largest absolute Gasteiger partial charge is 0.492 e. The van der Waals surface area contributed by atoms with Crippen LogP contribution in [0.2, 0.25) is 0 Å². The molecule has 0 saturated heterocycles. The minimum absolute atomic E-state index is 0.0942. The highest BCUT2D eigenvalue weighted by atomic mass is 16.5. The Labute approximate surface area is 182 Å². The zero-order valence-electron chi connectivity index (χ0n) is 18.3. The predicted octanol–water partition coefficient (Wildman–Crippen LogP) is 3.57. The molecule has 6 nitrogen and oxygen atoms in total. The standard InChI is InChI=1S/C25H29N3O3/c1-16(2)26-11-13-31-21-9-6-18-10-12-28(25(30)22(18)15-21)23-14-19(5-4-17(23)3)24(29)27-20-7-8-20/h4-6,9-10,12,14-16,20,26H,7-8,11,13H2,1-3H3,(H,27,29). The number of amides is 1. The molecule has 0 spiro atoms. The van der Waals surface area contributed by atoms with Gasteiger partial charge in [-0.25, -0.2) is 0 Å². The molecule has 31 heavy (non-hydrogen) atoms. The van der Waals surface area contributed by atoms with Crippen LogP contribution in [-0.2, 0) is 0 Å². The maximum absolute atomic E-state index is 13.3. The number of hydrogen-bond acceptors (Lipinski definition) is 4. The van der Waals surface area contributed by atoms with Crippen molar-refractivity contribution < 1.29 is 9.53 Å². The lowest BCUT2D eigenvalue weighted by molar-refractivity contribution is 0.0951. The summed E-state index contributed by atoms with van der Waals surface area (Å²) in [4.78, 5) is 25.8. The van der Waals surface area contributed by atoms with Gasteiger partial charge < -0.3 is 15.4 Å². The predicted molar refractivity (Wildman–Crippen MR) is 123 cm³/mol. The van der Waals surface area contributed by atoms with E-state index >= 15 is 0 Å². The Morgan fingerprint density at radius 2 is 1.97 bits per heavy atom. The van der Waals surface area contributed by atoms with Gasteiger partial charge in [0.15, 0.2) is 0 Å². The molecule has 4 rings (SSSR count). The Morgan fingerprint density at radius 3 is 2.71 bits per heavy atom. The molecule has 0 radical (unpaired) electrons. The Kier molecular flexibility index (Phi) is 6.09. The van der Waals surface area contributed by atoms with Gasteiger partial charge in [-0.15, -0.1) is 0 Å². The summed E-state index contributed by atoms with van der Waals surface area (Å²) in [6.45, 7) is 7.39. The number of nitrogens with one attached hydrogen (secondary N) is 2. The monoisotopic (exact) mass is 419 g/mol. The molecule has 1 aliphatic carbocycles. The van der Waals surface area contributed by atoms with Crippen LogP contribution in [0.4, 0.5) is 0 Å². The average molecular weight is 420 g/mol. The number of carbonyl (C=O) groups excluding carboxylic acids is 1. The van der Waals surface area contributed by atoms with Crippen LogP contribution >= 0.6 is 0 Å². The fraction of sp³-hybridized carbons (Fsp3) is 0.360. The molecular weight excluding hydrogens is 390 g/mol. The summed E-state index contributed by atoms with van der Waals surface area (Å²) in [7, 11) is 0. The SMILES string of the molecule is Cc1ccc(C(=O)NC2CC2)cc1-n1ccc2ccc(OCCNC(C)C)cc2c1=O. The van der Waals surface area contributed by atoms with E-state index in [2.05, 4.69) is 24.5 Å². The first-order chi connectivity index (χ1) is 14.9. The number of carbonyl (C=O) groups is 1. The van der Waals surface area contributed by atoms with E-state index < -0.39 is 0 Å². The molecule has 1 heterocycles. The molecule has 1 aliphatic rings. The van der Waals surface area contributed by atoms with E-state index in [1.807, 2.05) is 31.2 Å². The van der Waals surface area contributed by atoms with Gasteiger partial charge in [0.25, 0.3) is 11.5 Å². The number of pyridine rings is 1. The normalized spacial score (nSPS) is 13.5. The molecule has 0 bridgehead atoms. The Morgan fingerprint density at radius 1 is 1.16 bits per heavy atom. The molecule has 162 valence electrons. The van der Waals surface area contributed by atoms with Crippen molar-refractivity contribution >= 4 is 16.7 Å². The van der Waals surface area contributed by atoms with E-state index in [1.54, 1.807) is 29.0 Å². The van der Waals surface area contributed by atoms with Gasteiger partial charge in [0.1, 0.15) is 12.4 Å². The Hall–Kier alpha value is -3.12. The zero-order chi connectivity index (χ0) is 22.0. The second kappa shape index (κ2) is 8.94. The van der Waals surface area contributed by atoms with Crippen LogP contribution in [0, 0.1) is 6.92 Å². The third-order valence-corrected chi connectivity index (χ3v) is 5.44. The number of fused-ring (bicyclic) bond motifs is 1. The second-order valence-corrected chi connectivity index (χ2v) is 8.45. The molecule has 1 fully saturated rings. The summed E-state index contributed by atoms with van der Waals surface area (Å²) in [5.74, 6) is 0.575. The van der Waals surface area contributed by atoms with Gasteiger partial charge in [-0.1, -0.05) is 26.0 Å². The number of benzene rings is 2. The van der Waals surface area contributed by atoms with Gasteiger partial charge in [0.05, 0.1) is 11.1 Å². The molecular formula is C25H29N3O3. The van der Waals surface area contributed by atoms with Crippen LogP contribution in [0.1, 0.15) is 42.6 Å². The van der Waals surface area contributed by atoms with Crippen molar-refractivity contribution in [2.75, 3.05) is 13.2 Å². The highest BCUT2D eigenvalue weighted by molar-refractivity contribution is 5.95. The molecule has 0 aliphatic heterocycles. The van der Waals surface area contributed by atoms with Gasteiger partial charge in [-0.05, 0) is 61.0 Å². The van der Waals surface area contributed by atoms with E-state index in [4.69, 9.17) is 4.74 Å². The minimum atomic E-state index is -0.133. The van der Waals surface area contributed by atoms with Crippen LogP contribution < -0.4 is 20.9 Å². The summed E-state index contributed by atoms with van der Waals surface area (Å²) < 4.78 is 7.43. The molecule has 2 N–H and O–H groups in total. The lowest BCUT2D eigenvalue weighted by atomic mass is 10.1.